The van der Waals surface area contributed by atoms with Gasteiger partial charge in [0.15, 0.2) is 0 Å². The average molecular weight is 156 g/mol. The summed E-state index contributed by atoms with van der Waals surface area (Å²) in [5, 5.41) is 3.60. The molecule has 0 radical (unpaired) electrons. The molecule has 0 bridgehead atoms. The van der Waals surface area contributed by atoms with Gasteiger partial charge >= 0.3 is 0 Å². The number of likely N-dealkylation sites (N-methyl/N-ethyl adjacent to an activating group) is 1. The van der Waals surface area contributed by atoms with Gasteiger partial charge in [-0.1, -0.05) is 13.8 Å². The molecule has 0 amide bonds. The summed E-state index contributed by atoms with van der Waals surface area (Å²) in [6, 6.07) is 1.34. The van der Waals surface area contributed by atoms with E-state index in [1.165, 1.54) is 13.1 Å². The molecule has 1 aliphatic rings. The van der Waals surface area contributed by atoms with Crippen molar-refractivity contribution in [2.24, 2.45) is 5.92 Å². The maximum absolute atomic E-state index is 3.60. The zero-order valence-corrected chi connectivity index (χ0v) is 8.09. The van der Waals surface area contributed by atoms with E-state index in [-0.39, 0.29) is 0 Å². The molecule has 2 atom stereocenters. The van der Waals surface area contributed by atoms with Crippen molar-refractivity contribution >= 4 is 0 Å². The topological polar surface area (TPSA) is 15.3 Å². The number of nitrogens with zero attached hydrogens (tertiary/aromatic N) is 1. The van der Waals surface area contributed by atoms with Gasteiger partial charge in [-0.15, -0.1) is 0 Å². The first kappa shape index (κ1) is 9.01. The highest BCUT2D eigenvalue weighted by Crippen LogP contribution is 2.09. The van der Waals surface area contributed by atoms with Crippen LogP contribution in [0, 0.1) is 5.92 Å². The van der Waals surface area contributed by atoms with E-state index in [9.17, 15) is 0 Å². The van der Waals surface area contributed by atoms with Gasteiger partial charge in [0.25, 0.3) is 0 Å². The van der Waals surface area contributed by atoms with E-state index in [1.807, 2.05) is 0 Å². The molecule has 0 aliphatic carbocycles. The SMILES string of the molecule is CC(C)[C@@H]1CN(C)C[C@@H](C)N1. The van der Waals surface area contributed by atoms with Crippen LogP contribution < -0.4 is 5.32 Å². The van der Waals surface area contributed by atoms with E-state index >= 15 is 0 Å². The minimum atomic E-state index is 0.654. The van der Waals surface area contributed by atoms with Crippen LogP contribution in [0.2, 0.25) is 0 Å². The third-order valence-corrected chi connectivity index (χ3v) is 2.40. The smallest absolute Gasteiger partial charge is 0.0220 e. The predicted octanol–water partition coefficient (Wildman–Crippen LogP) is 0.935. The lowest BCUT2D eigenvalue weighted by molar-refractivity contribution is 0.172. The summed E-state index contributed by atoms with van der Waals surface area (Å²) in [4.78, 5) is 2.41. The Morgan fingerprint density at radius 1 is 1.36 bits per heavy atom. The van der Waals surface area contributed by atoms with Crippen molar-refractivity contribution in [3.05, 3.63) is 0 Å². The molecule has 11 heavy (non-hydrogen) atoms. The summed E-state index contributed by atoms with van der Waals surface area (Å²) in [5.41, 5.74) is 0. The zero-order valence-electron chi connectivity index (χ0n) is 8.09. The standard InChI is InChI=1S/C9H20N2/c1-7(2)9-6-11(4)5-8(3)10-9/h7-10H,5-6H2,1-4H3/t8-,9+/m1/s1. The largest absolute Gasteiger partial charge is 0.309 e. The van der Waals surface area contributed by atoms with Crippen molar-refractivity contribution in [1.82, 2.24) is 10.2 Å². The Morgan fingerprint density at radius 2 is 2.00 bits per heavy atom. The number of nitrogens with one attached hydrogen (secondary N) is 1. The first-order chi connectivity index (χ1) is 5.09. The van der Waals surface area contributed by atoms with Gasteiger partial charge in [-0.25, -0.2) is 0 Å². The Bertz CT molecular complexity index is 113. The Balaban J connectivity index is 2.43. The molecule has 0 saturated carbocycles. The average Bonchev–Trinajstić information content (AvgIpc) is 1.85. The summed E-state index contributed by atoms with van der Waals surface area (Å²) in [6.07, 6.45) is 0. The molecule has 0 spiro atoms. The van der Waals surface area contributed by atoms with E-state index in [2.05, 4.69) is 38.0 Å². The molecule has 66 valence electrons. The van der Waals surface area contributed by atoms with Crippen LogP contribution in [0.3, 0.4) is 0 Å². The van der Waals surface area contributed by atoms with E-state index < -0.39 is 0 Å². The Kier molecular flexibility index (Phi) is 2.90. The van der Waals surface area contributed by atoms with Gasteiger partial charge in [0.2, 0.25) is 0 Å². The fourth-order valence-corrected chi connectivity index (χ4v) is 1.75. The molecule has 1 heterocycles. The van der Waals surface area contributed by atoms with Crippen LogP contribution >= 0.6 is 0 Å². The molecule has 1 saturated heterocycles. The van der Waals surface area contributed by atoms with Crippen molar-refractivity contribution in [2.75, 3.05) is 20.1 Å². The van der Waals surface area contributed by atoms with Gasteiger partial charge in [0.1, 0.15) is 0 Å². The van der Waals surface area contributed by atoms with Crippen molar-refractivity contribution in [3.8, 4) is 0 Å². The van der Waals surface area contributed by atoms with Crippen molar-refractivity contribution in [2.45, 2.75) is 32.9 Å². The summed E-state index contributed by atoms with van der Waals surface area (Å²) < 4.78 is 0. The molecule has 0 aromatic heterocycles. The molecule has 1 aliphatic heterocycles. The molecule has 1 N–H and O–H groups in total. The second-order valence-electron chi connectivity index (χ2n) is 4.14. The van der Waals surface area contributed by atoms with Crippen LogP contribution in [-0.2, 0) is 0 Å². The van der Waals surface area contributed by atoms with Crippen molar-refractivity contribution in [1.29, 1.82) is 0 Å². The minimum absolute atomic E-state index is 0.654. The highest BCUT2D eigenvalue weighted by atomic mass is 15.2. The maximum Gasteiger partial charge on any atom is 0.0220 e. The molecule has 2 nitrogen and oxygen atoms in total. The second-order valence-corrected chi connectivity index (χ2v) is 4.14. The Morgan fingerprint density at radius 3 is 2.45 bits per heavy atom. The third-order valence-electron chi connectivity index (χ3n) is 2.40. The molecule has 0 unspecified atom stereocenters. The first-order valence-corrected chi connectivity index (χ1v) is 4.54. The Hall–Kier alpha value is -0.0800. The number of hydrogen-bond donors (Lipinski definition) is 1. The summed E-state index contributed by atoms with van der Waals surface area (Å²) >= 11 is 0. The van der Waals surface area contributed by atoms with E-state index in [4.69, 9.17) is 0 Å². The van der Waals surface area contributed by atoms with E-state index in [0.717, 1.165) is 5.92 Å². The number of hydrogen-bond acceptors (Lipinski definition) is 2. The van der Waals surface area contributed by atoms with Gasteiger partial charge in [-0.3, -0.25) is 0 Å². The van der Waals surface area contributed by atoms with Crippen LogP contribution in [0.1, 0.15) is 20.8 Å². The van der Waals surface area contributed by atoms with Crippen molar-refractivity contribution in [3.63, 3.8) is 0 Å². The molecular weight excluding hydrogens is 136 g/mol. The van der Waals surface area contributed by atoms with Crippen molar-refractivity contribution < 1.29 is 0 Å². The highest BCUT2D eigenvalue weighted by molar-refractivity contribution is 4.83. The molecule has 0 aromatic rings. The molecule has 1 fully saturated rings. The van der Waals surface area contributed by atoms with Crippen LogP contribution in [0.25, 0.3) is 0 Å². The van der Waals surface area contributed by atoms with E-state index in [0.29, 0.717) is 12.1 Å². The molecule has 1 rings (SSSR count). The third kappa shape index (κ3) is 2.46. The summed E-state index contributed by atoms with van der Waals surface area (Å²) in [5.74, 6) is 0.750. The fraction of sp³-hybridized carbons (Fsp3) is 1.00. The lowest BCUT2D eigenvalue weighted by atomic mass is 10.0. The zero-order chi connectivity index (χ0) is 8.43. The number of rotatable bonds is 1. The van der Waals surface area contributed by atoms with Crippen LogP contribution in [-0.4, -0.2) is 37.1 Å². The quantitative estimate of drug-likeness (QED) is 0.607. The predicted molar refractivity (Wildman–Crippen MR) is 48.7 cm³/mol. The first-order valence-electron chi connectivity index (χ1n) is 4.54. The summed E-state index contributed by atoms with van der Waals surface area (Å²) in [7, 11) is 2.20. The molecule has 0 aromatic carbocycles. The van der Waals surface area contributed by atoms with Crippen LogP contribution in [0.5, 0.6) is 0 Å². The van der Waals surface area contributed by atoms with Crippen LogP contribution in [0.15, 0.2) is 0 Å². The van der Waals surface area contributed by atoms with Gasteiger partial charge in [-0.05, 0) is 19.9 Å². The minimum Gasteiger partial charge on any atom is -0.309 e. The van der Waals surface area contributed by atoms with Gasteiger partial charge in [0, 0.05) is 25.2 Å². The lowest BCUT2D eigenvalue weighted by Crippen LogP contribution is -2.55. The van der Waals surface area contributed by atoms with Crippen LogP contribution in [0.4, 0.5) is 0 Å². The Labute approximate surface area is 70.0 Å². The maximum atomic E-state index is 3.60. The van der Waals surface area contributed by atoms with Gasteiger partial charge in [-0.2, -0.15) is 0 Å². The highest BCUT2D eigenvalue weighted by Gasteiger charge is 2.23. The molecule has 2 heteroatoms. The summed E-state index contributed by atoms with van der Waals surface area (Å²) in [6.45, 7) is 9.20. The normalized spacial score (nSPS) is 34.6. The fourth-order valence-electron chi connectivity index (χ4n) is 1.75. The van der Waals surface area contributed by atoms with Gasteiger partial charge < -0.3 is 10.2 Å². The monoisotopic (exact) mass is 156 g/mol. The molecular formula is C9H20N2. The van der Waals surface area contributed by atoms with Gasteiger partial charge in [0.05, 0.1) is 0 Å². The second kappa shape index (κ2) is 3.55. The lowest BCUT2D eigenvalue weighted by Gasteiger charge is -2.37. The number of piperazine rings is 1. The van der Waals surface area contributed by atoms with E-state index in [1.54, 1.807) is 0 Å².